The second kappa shape index (κ2) is 5.07. The van der Waals surface area contributed by atoms with Gasteiger partial charge < -0.3 is 15.4 Å². The van der Waals surface area contributed by atoms with E-state index in [4.69, 9.17) is 10.5 Å². The maximum atomic E-state index is 6.05. The zero-order valence-corrected chi connectivity index (χ0v) is 10.8. The molecule has 94 valence electrons. The molecule has 0 spiro atoms. The number of ether oxygens (including phenoxy) is 1. The summed E-state index contributed by atoms with van der Waals surface area (Å²) in [7, 11) is 3.88. The van der Waals surface area contributed by atoms with Crippen molar-refractivity contribution >= 4 is 0 Å². The van der Waals surface area contributed by atoms with Crippen LogP contribution in [0.1, 0.15) is 18.4 Å². The van der Waals surface area contributed by atoms with Crippen LogP contribution in [0.25, 0.3) is 0 Å². The SMILES string of the molecule is COc1cccc(C2(CN)CCN(C)CC2)c1. The third-order valence-electron chi connectivity index (χ3n) is 4.02. The van der Waals surface area contributed by atoms with E-state index in [1.54, 1.807) is 7.11 Å². The Morgan fingerprint density at radius 2 is 2.06 bits per heavy atom. The predicted molar refractivity (Wildman–Crippen MR) is 70.5 cm³/mol. The molecule has 1 heterocycles. The standard InChI is InChI=1S/C14H22N2O/c1-16-8-6-14(11-15,7-9-16)12-4-3-5-13(10-12)17-2/h3-5,10H,6-9,11,15H2,1-2H3. The van der Waals surface area contributed by atoms with E-state index in [9.17, 15) is 0 Å². The first-order valence-electron chi connectivity index (χ1n) is 6.23. The van der Waals surface area contributed by atoms with E-state index in [1.165, 1.54) is 5.56 Å². The van der Waals surface area contributed by atoms with Gasteiger partial charge in [0.25, 0.3) is 0 Å². The first kappa shape index (κ1) is 12.4. The van der Waals surface area contributed by atoms with Gasteiger partial charge in [0.15, 0.2) is 0 Å². The Labute approximate surface area is 104 Å². The van der Waals surface area contributed by atoms with E-state index < -0.39 is 0 Å². The second-order valence-electron chi connectivity index (χ2n) is 5.02. The minimum Gasteiger partial charge on any atom is -0.497 e. The number of hydrogen-bond donors (Lipinski definition) is 1. The summed E-state index contributed by atoms with van der Waals surface area (Å²) < 4.78 is 5.31. The average molecular weight is 234 g/mol. The molecule has 1 saturated heterocycles. The zero-order valence-electron chi connectivity index (χ0n) is 10.8. The van der Waals surface area contributed by atoms with Crippen molar-refractivity contribution < 1.29 is 4.74 Å². The molecular weight excluding hydrogens is 212 g/mol. The van der Waals surface area contributed by atoms with Crippen LogP contribution in [0.2, 0.25) is 0 Å². The monoisotopic (exact) mass is 234 g/mol. The van der Waals surface area contributed by atoms with Gasteiger partial charge in [-0.2, -0.15) is 0 Å². The van der Waals surface area contributed by atoms with E-state index in [0.29, 0.717) is 6.54 Å². The Morgan fingerprint density at radius 1 is 1.35 bits per heavy atom. The molecule has 2 N–H and O–H groups in total. The highest BCUT2D eigenvalue weighted by Crippen LogP contribution is 2.35. The van der Waals surface area contributed by atoms with Gasteiger partial charge in [-0.05, 0) is 50.7 Å². The summed E-state index contributed by atoms with van der Waals surface area (Å²) in [6.45, 7) is 2.96. The average Bonchev–Trinajstić information content (AvgIpc) is 2.40. The molecule has 0 aromatic heterocycles. The number of hydrogen-bond acceptors (Lipinski definition) is 3. The molecule has 0 unspecified atom stereocenters. The van der Waals surface area contributed by atoms with E-state index in [2.05, 4.69) is 30.1 Å². The van der Waals surface area contributed by atoms with E-state index >= 15 is 0 Å². The molecule has 0 atom stereocenters. The van der Waals surface area contributed by atoms with Crippen molar-refractivity contribution in [2.45, 2.75) is 18.3 Å². The van der Waals surface area contributed by atoms with E-state index in [1.807, 2.05) is 6.07 Å². The van der Waals surface area contributed by atoms with Crippen LogP contribution in [0, 0.1) is 0 Å². The number of nitrogens with zero attached hydrogens (tertiary/aromatic N) is 1. The number of rotatable bonds is 3. The van der Waals surface area contributed by atoms with Crippen molar-refractivity contribution in [3.05, 3.63) is 29.8 Å². The molecule has 0 bridgehead atoms. The minimum atomic E-state index is 0.140. The molecule has 0 saturated carbocycles. The van der Waals surface area contributed by atoms with Crippen molar-refractivity contribution in [1.29, 1.82) is 0 Å². The minimum absolute atomic E-state index is 0.140. The molecule has 1 aliphatic heterocycles. The number of methoxy groups -OCH3 is 1. The quantitative estimate of drug-likeness (QED) is 0.863. The maximum Gasteiger partial charge on any atom is 0.119 e. The molecule has 3 nitrogen and oxygen atoms in total. The van der Waals surface area contributed by atoms with Crippen molar-refractivity contribution in [3.8, 4) is 5.75 Å². The molecule has 1 aromatic carbocycles. The van der Waals surface area contributed by atoms with Gasteiger partial charge in [0, 0.05) is 12.0 Å². The normalized spacial score (nSPS) is 20.2. The number of benzene rings is 1. The van der Waals surface area contributed by atoms with Gasteiger partial charge in [-0.1, -0.05) is 12.1 Å². The van der Waals surface area contributed by atoms with Crippen LogP contribution in [0.15, 0.2) is 24.3 Å². The molecule has 0 amide bonds. The number of piperidine rings is 1. The lowest BCUT2D eigenvalue weighted by atomic mass is 9.73. The maximum absolute atomic E-state index is 6.05. The summed E-state index contributed by atoms with van der Waals surface area (Å²) in [5.41, 5.74) is 7.51. The Balaban J connectivity index is 2.27. The highest BCUT2D eigenvalue weighted by atomic mass is 16.5. The largest absolute Gasteiger partial charge is 0.497 e. The first-order valence-corrected chi connectivity index (χ1v) is 6.23. The lowest BCUT2D eigenvalue weighted by Gasteiger charge is -2.40. The van der Waals surface area contributed by atoms with Gasteiger partial charge in [0.2, 0.25) is 0 Å². The third-order valence-corrected chi connectivity index (χ3v) is 4.02. The molecule has 3 heteroatoms. The fourth-order valence-electron chi connectivity index (χ4n) is 2.61. The van der Waals surface area contributed by atoms with Crippen LogP contribution in [-0.4, -0.2) is 38.7 Å². The molecule has 0 radical (unpaired) electrons. The Hall–Kier alpha value is -1.06. The molecule has 17 heavy (non-hydrogen) atoms. The Bertz CT molecular complexity index is 370. The molecule has 1 aliphatic rings. The van der Waals surface area contributed by atoms with Crippen LogP contribution < -0.4 is 10.5 Å². The van der Waals surface area contributed by atoms with Gasteiger partial charge in [-0.3, -0.25) is 0 Å². The fourth-order valence-corrected chi connectivity index (χ4v) is 2.61. The summed E-state index contributed by atoms with van der Waals surface area (Å²) in [6, 6.07) is 8.37. The van der Waals surface area contributed by atoms with Crippen LogP contribution >= 0.6 is 0 Å². The smallest absolute Gasteiger partial charge is 0.119 e. The third kappa shape index (κ3) is 2.45. The fraction of sp³-hybridized carbons (Fsp3) is 0.571. The van der Waals surface area contributed by atoms with E-state index in [0.717, 1.165) is 31.7 Å². The summed E-state index contributed by atoms with van der Waals surface area (Å²) in [4.78, 5) is 2.37. The summed E-state index contributed by atoms with van der Waals surface area (Å²) in [6.07, 6.45) is 2.26. The van der Waals surface area contributed by atoms with Crippen LogP contribution in [0.4, 0.5) is 0 Å². The van der Waals surface area contributed by atoms with Crippen LogP contribution in [-0.2, 0) is 5.41 Å². The summed E-state index contributed by atoms with van der Waals surface area (Å²) >= 11 is 0. The highest BCUT2D eigenvalue weighted by molar-refractivity contribution is 5.34. The van der Waals surface area contributed by atoms with Gasteiger partial charge >= 0.3 is 0 Å². The predicted octanol–water partition coefficient (Wildman–Crippen LogP) is 1.62. The second-order valence-corrected chi connectivity index (χ2v) is 5.02. The summed E-state index contributed by atoms with van der Waals surface area (Å²) in [5, 5.41) is 0. The first-order chi connectivity index (χ1) is 8.20. The molecule has 2 rings (SSSR count). The van der Waals surface area contributed by atoms with Crippen molar-refractivity contribution in [2.75, 3.05) is 33.8 Å². The molecule has 1 fully saturated rings. The van der Waals surface area contributed by atoms with Crippen LogP contribution in [0.3, 0.4) is 0 Å². The van der Waals surface area contributed by atoms with Crippen molar-refractivity contribution in [1.82, 2.24) is 4.90 Å². The topological polar surface area (TPSA) is 38.5 Å². The number of likely N-dealkylation sites (tertiary alicyclic amines) is 1. The van der Waals surface area contributed by atoms with Crippen molar-refractivity contribution in [3.63, 3.8) is 0 Å². The highest BCUT2D eigenvalue weighted by Gasteiger charge is 2.34. The molecule has 1 aromatic rings. The number of nitrogens with two attached hydrogens (primary N) is 1. The summed E-state index contributed by atoms with van der Waals surface area (Å²) in [5.74, 6) is 0.925. The van der Waals surface area contributed by atoms with Gasteiger partial charge in [0.1, 0.15) is 5.75 Å². The van der Waals surface area contributed by atoms with Gasteiger partial charge in [-0.15, -0.1) is 0 Å². The van der Waals surface area contributed by atoms with Gasteiger partial charge in [0.05, 0.1) is 7.11 Å². The zero-order chi connectivity index (χ0) is 12.3. The Kier molecular flexibility index (Phi) is 3.69. The Morgan fingerprint density at radius 3 is 2.65 bits per heavy atom. The molecular formula is C14H22N2O. The molecule has 0 aliphatic carbocycles. The van der Waals surface area contributed by atoms with E-state index in [-0.39, 0.29) is 5.41 Å². The van der Waals surface area contributed by atoms with Crippen molar-refractivity contribution in [2.24, 2.45) is 5.73 Å². The lowest BCUT2D eigenvalue weighted by Crippen LogP contribution is -2.45. The van der Waals surface area contributed by atoms with Crippen LogP contribution in [0.5, 0.6) is 5.75 Å². The lowest BCUT2D eigenvalue weighted by molar-refractivity contribution is 0.191. The van der Waals surface area contributed by atoms with Gasteiger partial charge in [-0.25, -0.2) is 0 Å².